The predicted molar refractivity (Wildman–Crippen MR) is 51.0 cm³/mol. The summed E-state index contributed by atoms with van der Waals surface area (Å²) in [6.07, 6.45) is 0. The van der Waals surface area contributed by atoms with Gasteiger partial charge in [0.25, 0.3) is 0 Å². The van der Waals surface area contributed by atoms with Crippen molar-refractivity contribution in [2.45, 2.75) is 13.8 Å². The van der Waals surface area contributed by atoms with Gasteiger partial charge in [0.2, 0.25) is 0 Å². The van der Waals surface area contributed by atoms with Crippen LogP contribution in [0.15, 0.2) is 18.2 Å². The van der Waals surface area contributed by atoms with Crippen molar-refractivity contribution in [2.75, 3.05) is 7.11 Å². The normalized spacial score (nSPS) is 8.62. The Labute approximate surface area is 77.6 Å². The van der Waals surface area contributed by atoms with Gasteiger partial charge in [0.15, 0.2) is 0 Å². The first-order valence-electron chi connectivity index (χ1n) is 3.86. The average molecular weight is 182 g/mol. The van der Waals surface area contributed by atoms with Crippen LogP contribution in [-0.2, 0) is 0 Å². The topological polar surface area (TPSA) is 57.5 Å². The molecular formula is C10H14O3. The highest BCUT2D eigenvalue weighted by Gasteiger charge is 2.04. The largest absolute Gasteiger partial charge is 0.478 e. The third-order valence-electron chi connectivity index (χ3n) is 1.61. The number of carboxylic acids is 1. The summed E-state index contributed by atoms with van der Waals surface area (Å²) >= 11 is 0. The Morgan fingerprint density at radius 3 is 2.15 bits per heavy atom. The lowest BCUT2D eigenvalue weighted by atomic mass is 10.1. The van der Waals surface area contributed by atoms with Gasteiger partial charge in [-0.2, -0.15) is 0 Å². The summed E-state index contributed by atoms with van der Waals surface area (Å²) in [5, 5.41) is 15.7. The number of aliphatic hydroxyl groups is 1. The van der Waals surface area contributed by atoms with Crippen LogP contribution >= 0.6 is 0 Å². The minimum atomic E-state index is -0.859. The van der Waals surface area contributed by atoms with Crippen LogP contribution in [0.2, 0.25) is 0 Å². The summed E-state index contributed by atoms with van der Waals surface area (Å²) in [4.78, 5) is 10.5. The van der Waals surface area contributed by atoms with Crippen LogP contribution in [0, 0.1) is 13.8 Å². The molecule has 0 aromatic heterocycles. The first-order valence-corrected chi connectivity index (χ1v) is 3.86. The molecule has 0 amide bonds. The Bertz CT molecular complexity index is 292. The van der Waals surface area contributed by atoms with Crippen molar-refractivity contribution in [1.29, 1.82) is 0 Å². The maximum Gasteiger partial charge on any atom is 0.335 e. The van der Waals surface area contributed by atoms with E-state index in [9.17, 15) is 4.79 Å². The summed E-state index contributed by atoms with van der Waals surface area (Å²) in [6, 6.07) is 5.30. The molecule has 0 unspecified atom stereocenters. The van der Waals surface area contributed by atoms with Gasteiger partial charge in [0, 0.05) is 7.11 Å². The lowest BCUT2D eigenvalue weighted by Crippen LogP contribution is -1.99. The van der Waals surface area contributed by atoms with Crippen LogP contribution < -0.4 is 0 Å². The van der Waals surface area contributed by atoms with Gasteiger partial charge in [-0.25, -0.2) is 4.79 Å². The van der Waals surface area contributed by atoms with E-state index in [1.807, 2.05) is 13.0 Å². The smallest absolute Gasteiger partial charge is 0.335 e. The Morgan fingerprint density at radius 2 is 1.77 bits per heavy atom. The molecule has 1 rings (SSSR count). The minimum absolute atomic E-state index is 0.385. The van der Waals surface area contributed by atoms with Crippen molar-refractivity contribution in [1.82, 2.24) is 0 Å². The van der Waals surface area contributed by atoms with Crippen molar-refractivity contribution in [3.8, 4) is 0 Å². The molecule has 0 heterocycles. The second kappa shape index (κ2) is 5.32. The maximum absolute atomic E-state index is 10.5. The molecule has 13 heavy (non-hydrogen) atoms. The summed E-state index contributed by atoms with van der Waals surface area (Å²) in [5.41, 5.74) is 2.29. The van der Waals surface area contributed by atoms with Gasteiger partial charge in [-0.05, 0) is 25.5 Å². The average Bonchev–Trinajstić information content (AvgIpc) is 2.07. The number of aryl methyl sites for hydroxylation is 2. The lowest BCUT2D eigenvalue weighted by Gasteiger charge is -2.00. The van der Waals surface area contributed by atoms with E-state index in [2.05, 4.69) is 0 Å². The first kappa shape index (κ1) is 11.6. The zero-order valence-corrected chi connectivity index (χ0v) is 8.03. The third-order valence-corrected chi connectivity index (χ3v) is 1.61. The molecule has 1 aromatic carbocycles. The molecule has 2 N–H and O–H groups in total. The highest BCUT2D eigenvalue weighted by molar-refractivity contribution is 5.89. The lowest BCUT2D eigenvalue weighted by molar-refractivity contribution is 0.0696. The highest BCUT2D eigenvalue weighted by atomic mass is 16.4. The molecule has 0 saturated heterocycles. The molecule has 3 nitrogen and oxygen atoms in total. The van der Waals surface area contributed by atoms with Crippen LogP contribution in [0.5, 0.6) is 0 Å². The fraction of sp³-hybridized carbons (Fsp3) is 0.300. The van der Waals surface area contributed by atoms with Gasteiger partial charge in [-0.1, -0.05) is 17.7 Å². The molecule has 1 aromatic rings. The van der Waals surface area contributed by atoms with Gasteiger partial charge in [-0.3, -0.25) is 0 Å². The van der Waals surface area contributed by atoms with E-state index < -0.39 is 5.97 Å². The Kier molecular flexibility index (Phi) is 4.77. The molecule has 0 aliphatic carbocycles. The van der Waals surface area contributed by atoms with Crippen LogP contribution in [0.1, 0.15) is 21.5 Å². The van der Waals surface area contributed by atoms with Gasteiger partial charge in [0.1, 0.15) is 0 Å². The SMILES string of the molecule is CO.Cc1ccc(C(=O)O)c(C)c1. The Morgan fingerprint density at radius 1 is 1.23 bits per heavy atom. The van der Waals surface area contributed by atoms with E-state index in [0.29, 0.717) is 5.56 Å². The maximum atomic E-state index is 10.5. The van der Waals surface area contributed by atoms with Crippen molar-refractivity contribution >= 4 is 5.97 Å². The van der Waals surface area contributed by atoms with E-state index in [4.69, 9.17) is 10.2 Å². The van der Waals surface area contributed by atoms with Crippen LogP contribution in [0.3, 0.4) is 0 Å². The van der Waals surface area contributed by atoms with Crippen LogP contribution in [-0.4, -0.2) is 23.3 Å². The molecule has 0 atom stereocenters. The van der Waals surface area contributed by atoms with Gasteiger partial charge in [-0.15, -0.1) is 0 Å². The summed E-state index contributed by atoms with van der Waals surface area (Å²) in [6.45, 7) is 3.75. The van der Waals surface area contributed by atoms with Gasteiger partial charge in [0.05, 0.1) is 5.56 Å². The molecular weight excluding hydrogens is 168 g/mol. The van der Waals surface area contributed by atoms with E-state index >= 15 is 0 Å². The molecule has 0 fully saturated rings. The standard InChI is InChI=1S/C9H10O2.CH4O/c1-6-3-4-8(9(10)11)7(2)5-6;1-2/h3-5H,1-2H3,(H,10,11);2H,1H3. The highest BCUT2D eigenvalue weighted by Crippen LogP contribution is 2.09. The van der Waals surface area contributed by atoms with Gasteiger partial charge >= 0.3 is 5.97 Å². The quantitative estimate of drug-likeness (QED) is 0.693. The van der Waals surface area contributed by atoms with Crippen molar-refractivity contribution in [3.05, 3.63) is 34.9 Å². The number of aliphatic hydroxyl groups excluding tert-OH is 1. The van der Waals surface area contributed by atoms with E-state index in [-0.39, 0.29) is 0 Å². The van der Waals surface area contributed by atoms with Gasteiger partial charge < -0.3 is 10.2 Å². The number of aromatic carboxylic acids is 1. The fourth-order valence-corrected chi connectivity index (χ4v) is 1.05. The van der Waals surface area contributed by atoms with Crippen molar-refractivity contribution in [2.24, 2.45) is 0 Å². The molecule has 0 spiro atoms. The summed E-state index contributed by atoms with van der Waals surface area (Å²) < 4.78 is 0. The summed E-state index contributed by atoms with van der Waals surface area (Å²) in [7, 11) is 1.00. The fourth-order valence-electron chi connectivity index (χ4n) is 1.05. The summed E-state index contributed by atoms with van der Waals surface area (Å²) in [5.74, 6) is -0.859. The molecule has 0 aliphatic rings. The van der Waals surface area contributed by atoms with Crippen molar-refractivity contribution in [3.63, 3.8) is 0 Å². The zero-order valence-electron chi connectivity index (χ0n) is 8.03. The Balaban J connectivity index is 0.000000671. The first-order chi connectivity index (χ1) is 6.11. The second-order valence-corrected chi connectivity index (χ2v) is 2.62. The number of carboxylic acid groups (broad SMARTS) is 1. The van der Waals surface area contributed by atoms with Crippen LogP contribution in [0.25, 0.3) is 0 Å². The molecule has 72 valence electrons. The number of hydrogen-bond acceptors (Lipinski definition) is 2. The van der Waals surface area contributed by atoms with E-state index in [0.717, 1.165) is 18.2 Å². The second-order valence-electron chi connectivity index (χ2n) is 2.62. The predicted octanol–water partition coefficient (Wildman–Crippen LogP) is 1.61. The number of rotatable bonds is 1. The molecule has 0 radical (unpaired) electrons. The molecule has 3 heteroatoms. The monoisotopic (exact) mass is 182 g/mol. The Hall–Kier alpha value is -1.35. The number of benzene rings is 1. The number of hydrogen-bond donors (Lipinski definition) is 2. The zero-order chi connectivity index (χ0) is 10.4. The van der Waals surface area contributed by atoms with Crippen molar-refractivity contribution < 1.29 is 15.0 Å². The van der Waals surface area contributed by atoms with Crippen LogP contribution in [0.4, 0.5) is 0 Å². The number of carbonyl (C=O) groups is 1. The third kappa shape index (κ3) is 3.25. The minimum Gasteiger partial charge on any atom is -0.478 e. The molecule has 0 bridgehead atoms. The van der Waals surface area contributed by atoms with E-state index in [1.165, 1.54) is 0 Å². The van der Waals surface area contributed by atoms with E-state index in [1.54, 1.807) is 19.1 Å². The molecule has 0 aliphatic heterocycles. The molecule has 0 saturated carbocycles.